The summed E-state index contributed by atoms with van der Waals surface area (Å²) in [6, 6.07) is 11.6. The lowest BCUT2D eigenvalue weighted by Gasteiger charge is -2.34. The number of amides is 1. The zero-order valence-corrected chi connectivity index (χ0v) is 16.0. The Hall–Kier alpha value is -2.51. The van der Waals surface area contributed by atoms with Gasteiger partial charge in [0.15, 0.2) is 0 Å². The molecule has 0 radical (unpaired) electrons. The fourth-order valence-corrected chi connectivity index (χ4v) is 3.22. The Morgan fingerprint density at radius 1 is 1.00 bits per heavy atom. The van der Waals surface area contributed by atoms with Gasteiger partial charge < -0.3 is 10.1 Å². The van der Waals surface area contributed by atoms with Crippen molar-refractivity contribution in [2.45, 2.75) is 13.5 Å². The Morgan fingerprint density at radius 3 is 2.21 bits per heavy atom. The Balaban J connectivity index is 1.44. The topological polar surface area (TPSA) is 44.8 Å². The molecule has 5 nitrogen and oxygen atoms in total. The van der Waals surface area contributed by atoms with E-state index in [0.717, 1.165) is 50.6 Å². The number of anilines is 1. The van der Waals surface area contributed by atoms with E-state index in [4.69, 9.17) is 4.74 Å². The molecule has 0 spiro atoms. The molecule has 0 aliphatic carbocycles. The van der Waals surface area contributed by atoms with Crippen molar-refractivity contribution in [2.24, 2.45) is 0 Å². The third-order valence-electron chi connectivity index (χ3n) is 4.70. The Labute approximate surface area is 163 Å². The summed E-state index contributed by atoms with van der Waals surface area (Å²) in [7, 11) is 0. The smallest absolute Gasteiger partial charge is 0.238 e. The summed E-state index contributed by atoms with van der Waals surface area (Å²) in [5, 5.41) is 2.34. The van der Waals surface area contributed by atoms with Crippen LogP contribution in [-0.4, -0.2) is 55.0 Å². The van der Waals surface area contributed by atoms with E-state index >= 15 is 0 Å². The molecule has 0 atom stereocenters. The monoisotopic (exact) mass is 389 g/mol. The molecule has 1 heterocycles. The number of halogens is 2. The molecule has 0 unspecified atom stereocenters. The third-order valence-corrected chi connectivity index (χ3v) is 4.70. The Kier molecular flexibility index (Phi) is 6.95. The average Bonchev–Trinajstić information content (AvgIpc) is 2.68. The molecule has 2 aromatic carbocycles. The van der Waals surface area contributed by atoms with Crippen molar-refractivity contribution < 1.29 is 18.3 Å². The van der Waals surface area contributed by atoms with Gasteiger partial charge in [-0.3, -0.25) is 14.6 Å². The highest BCUT2D eigenvalue weighted by Gasteiger charge is 2.20. The molecule has 1 aliphatic heterocycles. The van der Waals surface area contributed by atoms with Gasteiger partial charge in [-0.1, -0.05) is 18.2 Å². The van der Waals surface area contributed by atoms with Gasteiger partial charge in [-0.2, -0.15) is 0 Å². The zero-order chi connectivity index (χ0) is 19.9. The highest BCUT2D eigenvalue weighted by molar-refractivity contribution is 5.92. The van der Waals surface area contributed by atoms with Crippen LogP contribution in [0.15, 0.2) is 42.5 Å². The molecule has 0 bridgehead atoms. The minimum atomic E-state index is -0.770. The van der Waals surface area contributed by atoms with E-state index in [0.29, 0.717) is 6.61 Å². The maximum Gasteiger partial charge on any atom is 0.238 e. The lowest BCUT2D eigenvalue weighted by atomic mass is 10.2. The third kappa shape index (κ3) is 5.50. The predicted molar refractivity (Wildman–Crippen MR) is 104 cm³/mol. The molecule has 150 valence electrons. The van der Waals surface area contributed by atoms with Crippen LogP contribution in [0.2, 0.25) is 0 Å². The number of piperazine rings is 1. The molecule has 1 fully saturated rings. The molecular formula is C21H25F2N3O2. The molecule has 28 heavy (non-hydrogen) atoms. The van der Waals surface area contributed by atoms with E-state index < -0.39 is 17.5 Å². The number of para-hydroxylation sites is 1. The van der Waals surface area contributed by atoms with Crippen molar-refractivity contribution in [3.63, 3.8) is 0 Å². The van der Waals surface area contributed by atoms with Gasteiger partial charge in [0.1, 0.15) is 23.1 Å². The minimum Gasteiger partial charge on any atom is -0.494 e. The van der Waals surface area contributed by atoms with Crippen molar-refractivity contribution in [1.29, 1.82) is 0 Å². The van der Waals surface area contributed by atoms with Gasteiger partial charge in [-0.15, -0.1) is 0 Å². The van der Waals surface area contributed by atoms with E-state index in [1.807, 2.05) is 24.0 Å². The van der Waals surface area contributed by atoms with Gasteiger partial charge in [0.25, 0.3) is 0 Å². The quantitative estimate of drug-likeness (QED) is 0.790. The molecule has 3 rings (SSSR count). The molecule has 0 saturated carbocycles. The summed E-state index contributed by atoms with van der Waals surface area (Å²) in [4.78, 5) is 16.4. The van der Waals surface area contributed by atoms with Crippen molar-refractivity contribution in [3.8, 4) is 5.75 Å². The van der Waals surface area contributed by atoms with Crippen molar-refractivity contribution in [3.05, 3.63) is 59.7 Å². The van der Waals surface area contributed by atoms with Crippen LogP contribution in [0.25, 0.3) is 0 Å². The first-order chi connectivity index (χ1) is 13.5. The second-order valence-electron chi connectivity index (χ2n) is 6.77. The molecular weight excluding hydrogens is 364 g/mol. The predicted octanol–water partition coefficient (Wildman–Crippen LogP) is 3.12. The zero-order valence-electron chi connectivity index (χ0n) is 16.0. The number of hydrogen-bond donors (Lipinski definition) is 1. The largest absolute Gasteiger partial charge is 0.494 e. The highest BCUT2D eigenvalue weighted by atomic mass is 19.1. The van der Waals surface area contributed by atoms with Gasteiger partial charge in [0.2, 0.25) is 5.91 Å². The normalized spacial score (nSPS) is 15.4. The fraction of sp³-hybridized carbons (Fsp3) is 0.381. The average molecular weight is 389 g/mol. The second kappa shape index (κ2) is 9.61. The van der Waals surface area contributed by atoms with Crippen LogP contribution in [0.4, 0.5) is 14.5 Å². The summed E-state index contributed by atoms with van der Waals surface area (Å²) < 4.78 is 32.7. The standard InChI is InChI=1S/C21H25F2N3O2/c1-2-28-17-8-6-16(7-9-17)14-25-10-12-26(13-11-25)15-20(27)24-21-18(22)4-3-5-19(21)23/h3-9H,2,10-15H2,1H3,(H,24,27). The number of hydrogen-bond acceptors (Lipinski definition) is 4. The molecule has 0 aromatic heterocycles. The molecule has 1 amide bonds. The SMILES string of the molecule is CCOc1ccc(CN2CCN(CC(=O)Nc3c(F)cccc3F)CC2)cc1. The van der Waals surface area contributed by atoms with Gasteiger partial charge in [0, 0.05) is 32.7 Å². The first-order valence-electron chi connectivity index (χ1n) is 9.45. The summed E-state index contributed by atoms with van der Waals surface area (Å²) in [5.41, 5.74) is 0.825. The number of nitrogens with one attached hydrogen (secondary N) is 1. The van der Waals surface area contributed by atoms with E-state index in [-0.39, 0.29) is 12.2 Å². The van der Waals surface area contributed by atoms with E-state index in [1.54, 1.807) is 0 Å². The highest BCUT2D eigenvalue weighted by Crippen LogP contribution is 2.18. The Morgan fingerprint density at radius 2 is 1.61 bits per heavy atom. The first kappa shape index (κ1) is 20.2. The van der Waals surface area contributed by atoms with Crippen LogP contribution in [0, 0.1) is 11.6 Å². The van der Waals surface area contributed by atoms with Crippen LogP contribution in [-0.2, 0) is 11.3 Å². The molecule has 1 saturated heterocycles. The Bertz CT molecular complexity index is 770. The van der Waals surface area contributed by atoms with Crippen LogP contribution >= 0.6 is 0 Å². The number of carbonyl (C=O) groups is 1. The lowest BCUT2D eigenvalue weighted by molar-refractivity contribution is -0.117. The van der Waals surface area contributed by atoms with Gasteiger partial charge in [0.05, 0.1) is 13.2 Å². The molecule has 1 aliphatic rings. The fourth-order valence-electron chi connectivity index (χ4n) is 3.22. The van der Waals surface area contributed by atoms with Crippen LogP contribution < -0.4 is 10.1 Å². The number of ether oxygens (including phenoxy) is 1. The second-order valence-corrected chi connectivity index (χ2v) is 6.77. The number of nitrogens with zero attached hydrogens (tertiary/aromatic N) is 2. The van der Waals surface area contributed by atoms with Crippen molar-refractivity contribution >= 4 is 11.6 Å². The van der Waals surface area contributed by atoms with Crippen LogP contribution in [0.3, 0.4) is 0 Å². The van der Waals surface area contributed by atoms with Gasteiger partial charge in [-0.05, 0) is 36.8 Å². The van der Waals surface area contributed by atoms with Gasteiger partial charge >= 0.3 is 0 Å². The summed E-state index contributed by atoms with van der Waals surface area (Å²) in [6.07, 6.45) is 0. The van der Waals surface area contributed by atoms with E-state index in [9.17, 15) is 13.6 Å². The number of rotatable bonds is 7. The van der Waals surface area contributed by atoms with Crippen molar-refractivity contribution in [1.82, 2.24) is 9.80 Å². The number of benzene rings is 2. The molecule has 1 N–H and O–H groups in total. The molecule has 7 heteroatoms. The summed E-state index contributed by atoms with van der Waals surface area (Å²) >= 11 is 0. The minimum absolute atomic E-state index is 0.116. The van der Waals surface area contributed by atoms with Crippen LogP contribution in [0.5, 0.6) is 5.75 Å². The number of carbonyl (C=O) groups excluding carboxylic acids is 1. The lowest BCUT2D eigenvalue weighted by Crippen LogP contribution is -2.48. The summed E-state index contributed by atoms with van der Waals surface area (Å²) in [5.74, 6) is -1.08. The van der Waals surface area contributed by atoms with E-state index in [1.165, 1.54) is 11.6 Å². The maximum atomic E-state index is 13.6. The van der Waals surface area contributed by atoms with Crippen molar-refractivity contribution in [2.75, 3.05) is 44.6 Å². The summed E-state index contributed by atoms with van der Waals surface area (Å²) in [6.45, 7) is 6.67. The first-order valence-corrected chi connectivity index (χ1v) is 9.45. The van der Waals surface area contributed by atoms with E-state index in [2.05, 4.69) is 22.3 Å². The van der Waals surface area contributed by atoms with Crippen LogP contribution in [0.1, 0.15) is 12.5 Å². The molecule has 2 aromatic rings. The maximum absolute atomic E-state index is 13.6. The van der Waals surface area contributed by atoms with Gasteiger partial charge in [-0.25, -0.2) is 8.78 Å².